The Labute approximate surface area is 132 Å². The Hall–Kier alpha value is -0.870. The van der Waals surface area contributed by atoms with Crippen molar-refractivity contribution in [3.05, 3.63) is 22.4 Å². The van der Waals surface area contributed by atoms with E-state index in [-0.39, 0.29) is 11.3 Å². The molecule has 2 heterocycles. The summed E-state index contributed by atoms with van der Waals surface area (Å²) in [5.74, 6) is 0.166. The van der Waals surface area contributed by atoms with Crippen molar-refractivity contribution < 1.29 is 4.79 Å². The van der Waals surface area contributed by atoms with Crippen LogP contribution in [0.3, 0.4) is 0 Å². The van der Waals surface area contributed by atoms with Gasteiger partial charge in [-0.15, -0.1) is 0 Å². The molecular weight excluding hydrogens is 280 g/mol. The van der Waals surface area contributed by atoms with Crippen LogP contribution in [0, 0.1) is 5.41 Å². The molecule has 0 aliphatic carbocycles. The minimum Gasteiger partial charge on any atom is -0.354 e. The average Bonchev–Trinajstić information content (AvgIpc) is 2.92. The van der Waals surface area contributed by atoms with Gasteiger partial charge >= 0.3 is 0 Å². The summed E-state index contributed by atoms with van der Waals surface area (Å²) in [6.07, 6.45) is 4.47. The second-order valence-corrected chi connectivity index (χ2v) is 7.99. The predicted octanol–water partition coefficient (Wildman–Crippen LogP) is 3.83. The number of carbonyl (C=O) groups excluding carboxylic acids is 1. The molecule has 1 aliphatic rings. The van der Waals surface area contributed by atoms with Crippen LogP contribution in [0.5, 0.6) is 0 Å². The van der Waals surface area contributed by atoms with E-state index < -0.39 is 0 Å². The molecule has 1 fully saturated rings. The van der Waals surface area contributed by atoms with E-state index in [1.807, 2.05) is 0 Å². The van der Waals surface area contributed by atoms with Crippen molar-refractivity contribution in [1.82, 2.24) is 10.2 Å². The number of hydrogen-bond donors (Lipinski definition) is 1. The molecule has 21 heavy (non-hydrogen) atoms. The summed E-state index contributed by atoms with van der Waals surface area (Å²) >= 11 is 1.74. The highest BCUT2D eigenvalue weighted by Crippen LogP contribution is 2.26. The number of nitrogens with one attached hydrogen (secondary N) is 1. The Bertz CT molecular complexity index is 430. The Balaban J connectivity index is 1.95. The van der Waals surface area contributed by atoms with Crippen LogP contribution in [0.4, 0.5) is 0 Å². The first kappa shape index (κ1) is 16.5. The number of hydrogen-bond acceptors (Lipinski definition) is 3. The summed E-state index contributed by atoms with van der Waals surface area (Å²) in [7, 11) is 0. The fraction of sp³-hybridized carbons (Fsp3) is 0.706. The van der Waals surface area contributed by atoms with Crippen molar-refractivity contribution in [2.24, 2.45) is 5.41 Å². The molecular formula is C17H28N2OS. The van der Waals surface area contributed by atoms with Gasteiger partial charge in [0.05, 0.1) is 6.04 Å². The number of amides is 1. The topological polar surface area (TPSA) is 32.3 Å². The lowest BCUT2D eigenvalue weighted by molar-refractivity contribution is -0.123. The third kappa shape index (κ3) is 5.44. The van der Waals surface area contributed by atoms with Crippen LogP contribution in [0.15, 0.2) is 16.8 Å². The van der Waals surface area contributed by atoms with Gasteiger partial charge in [0.2, 0.25) is 5.91 Å². The van der Waals surface area contributed by atoms with E-state index in [0.29, 0.717) is 12.5 Å². The summed E-state index contributed by atoms with van der Waals surface area (Å²) in [6, 6.07) is 2.53. The van der Waals surface area contributed by atoms with E-state index in [1.165, 1.54) is 24.8 Å². The smallest absolute Gasteiger partial charge is 0.220 e. The lowest BCUT2D eigenvalue weighted by Crippen LogP contribution is -2.41. The summed E-state index contributed by atoms with van der Waals surface area (Å²) in [4.78, 5) is 14.6. The van der Waals surface area contributed by atoms with Gasteiger partial charge in [-0.3, -0.25) is 9.69 Å². The van der Waals surface area contributed by atoms with Crippen LogP contribution in [0.2, 0.25) is 0 Å². The largest absolute Gasteiger partial charge is 0.354 e. The molecule has 0 saturated carbocycles. The first-order valence-electron chi connectivity index (χ1n) is 7.98. The van der Waals surface area contributed by atoms with Crippen LogP contribution in [-0.2, 0) is 4.79 Å². The third-order valence-electron chi connectivity index (χ3n) is 3.94. The highest BCUT2D eigenvalue weighted by molar-refractivity contribution is 7.07. The number of likely N-dealkylation sites (tertiary alicyclic amines) is 1. The van der Waals surface area contributed by atoms with Gasteiger partial charge in [-0.2, -0.15) is 11.3 Å². The van der Waals surface area contributed by atoms with Crippen molar-refractivity contribution in [3.8, 4) is 0 Å². The zero-order valence-corrected chi connectivity index (χ0v) is 14.3. The fourth-order valence-corrected chi connectivity index (χ4v) is 3.61. The molecule has 1 aliphatic heterocycles. The molecule has 4 heteroatoms. The SMILES string of the molecule is CC(C)(C)CC(=O)NCC(c1ccsc1)N1CCCCC1. The minimum atomic E-state index is 0.0487. The first-order chi connectivity index (χ1) is 9.96. The monoisotopic (exact) mass is 308 g/mol. The maximum Gasteiger partial charge on any atom is 0.220 e. The summed E-state index contributed by atoms with van der Waals surface area (Å²) in [5.41, 5.74) is 1.39. The molecule has 1 saturated heterocycles. The van der Waals surface area contributed by atoms with E-state index in [9.17, 15) is 4.79 Å². The van der Waals surface area contributed by atoms with Crippen molar-refractivity contribution in [1.29, 1.82) is 0 Å². The van der Waals surface area contributed by atoms with E-state index in [1.54, 1.807) is 11.3 Å². The zero-order chi connectivity index (χ0) is 15.3. The zero-order valence-electron chi connectivity index (χ0n) is 13.5. The van der Waals surface area contributed by atoms with E-state index in [0.717, 1.165) is 19.6 Å². The lowest BCUT2D eigenvalue weighted by atomic mass is 9.92. The molecule has 0 bridgehead atoms. The lowest BCUT2D eigenvalue weighted by Gasteiger charge is -2.34. The van der Waals surface area contributed by atoms with Gasteiger partial charge in [0.25, 0.3) is 0 Å². The standard InChI is InChI=1S/C17H28N2OS/c1-17(2,3)11-16(20)18-12-15(14-7-10-21-13-14)19-8-5-4-6-9-19/h7,10,13,15H,4-6,8-9,11-12H2,1-3H3,(H,18,20). The minimum absolute atomic E-state index is 0.0487. The molecule has 0 aromatic carbocycles. The normalized spacial score (nSPS) is 18.4. The van der Waals surface area contributed by atoms with E-state index in [2.05, 4.69) is 47.8 Å². The molecule has 0 spiro atoms. The fourth-order valence-electron chi connectivity index (χ4n) is 2.91. The molecule has 1 unspecified atom stereocenters. The van der Waals surface area contributed by atoms with Crippen molar-refractivity contribution in [2.75, 3.05) is 19.6 Å². The molecule has 1 aromatic heterocycles. The Morgan fingerprint density at radius 1 is 1.33 bits per heavy atom. The van der Waals surface area contributed by atoms with Crippen molar-refractivity contribution in [2.45, 2.75) is 52.5 Å². The first-order valence-corrected chi connectivity index (χ1v) is 8.93. The van der Waals surface area contributed by atoms with Crippen LogP contribution >= 0.6 is 11.3 Å². The van der Waals surface area contributed by atoms with Crippen LogP contribution in [0.25, 0.3) is 0 Å². The van der Waals surface area contributed by atoms with Gasteiger partial charge in [-0.25, -0.2) is 0 Å². The van der Waals surface area contributed by atoms with Crippen molar-refractivity contribution in [3.63, 3.8) is 0 Å². The molecule has 1 amide bonds. The molecule has 1 aromatic rings. The van der Waals surface area contributed by atoms with Gasteiger partial charge in [0, 0.05) is 13.0 Å². The Kier molecular flexibility index (Phi) is 5.82. The Morgan fingerprint density at radius 3 is 2.62 bits per heavy atom. The van der Waals surface area contributed by atoms with Gasteiger partial charge in [-0.1, -0.05) is 27.2 Å². The molecule has 118 valence electrons. The molecule has 2 rings (SSSR count). The van der Waals surface area contributed by atoms with Gasteiger partial charge in [0.1, 0.15) is 0 Å². The number of rotatable bonds is 5. The number of carbonyl (C=O) groups is 1. The summed E-state index contributed by atoms with van der Waals surface area (Å²) < 4.78 is 0. The second-order valence-electron chi connectivity index (χ2n) is 7.21. The average molecular weight is 308 g/mol. The van der Waals surface area contributed by atoms with Crippen LogP contribution in [-0.4, -0.2) is 30.4 Å². The van der Waals surface area contributed by atoms with Crippen LogP contribution < -0.4 is 5.32 Å². The molecule has 1 N–H and O–H groups in total. The Morgan fingerprint density at radius 2 is 2.05 bits per heavy atom. The summed E-state index contributed by atoms with van der Waals surface area (Å²) in [5, 5.41) is 7.49. The maximum absolute atomic E-state index is 12.1. The molecule has 0 radical (unpaired) electrons. The molecule has 1 atom stereocenters. The van der Waals surface area contributed by atoms with E-state index >= 15 is 0 Å². The third-order valence-corrected chi connectivity index (χ3v) is 4.64. The quantitative estimate of drug-likeness (QED) is 0.896. The number of thiophene rings is 1. The number of piperidine rings is 1. The van der Waals surface area contributed by atoms with Crippen LogP contribution in [0.1, 0.15) is 58.1 Å². The molecule has 3 nitrogen and oxygen atoms in total. The van der Waals surface area contributed by atoms with Crippen molar-refractivity contribution >= 4 is 17.2 Å². The highest BCUT2D eigenvalue weighted by Gasteiger charge is 2.24. The highest BCUT2D eigenvalue weighted by atomic mass is 32.1. The van der Waals surface area contributed by atoms with Gasteiger partial charge < -0.3 is 5.32 Å². The van der Waals surface area contributed by atoms with Gasteiger partial charge in [-0.05, 0) is 53.7 Å². The second kappa shape index (κ2) is 7.41. The maximum atomic E-state index is 12.1. The number of nitrogens with zero attached hydrogens (tertiary/aromatic N) is 1. The van der Waals surface area contributed by atoms with E-state index in [4.69, 9.17) is 0 Å². The summed E-state index contributed by atoms with van der Waals surface area (Å²) in [6.45, 7) is 9.34. The predicted molar refractivity (Wildman–Crippen MR) is 89.6 cm³/mol. The van der Waals surface area contributed by atoms with Gasteiger partial charge in [0.15, 0.2) is 0 Å².